The van der Waals surface area contributed by atoms with Crippen molar-refractivity contribution >= 4 is 0 Å². The van der Waals surface area contributed by atoms with Gasteiger partial charge in [-0.05, 0) is 25.7 Å². The summed E-state index contributed by atoms with van der Waals surface area (Å²) in [6.07, 6.45) is 5.79. The number of rotatable bonds is 0. The Bertz CT molecular complexity index is 192. The zero-order valence-electron chi connectivity index (χ0n) is 7.36. The lowest BCUT2D eigenvalue weighted by Crippen LogP contribution is -2.14. The van der Waals surface area contributed by atoms with Crippen LogP contribution in [0.4, 0.5) is 0 Å². The molecule has 1 aliphatic carbocycles. The van der Waals surface area contributed by atoms with Crippen molar-refractivity contribution in [3.63, 3.8) is 0 Å². The largest absolute Gasteiger partial charge is 0.0807 e. The standard InChI is InChI=1S/C10H16/c1-8-5-6-10(3,4)9(2)7-8/h5,7H,6H2,1-4H3. The van der Waals surface area contributed by atoms with Crippen LogP contribution in [0.5, 0.6) is 0 Å². The van der Waals surface area contributed by atoms with Gasteiger partial charge >= 0.3 is 0 Å². The SMILES string of the molecule is CC1=CCC(C)(C)C(C)=C1. The van der Waals surface area contributed by atoms with E-state index in [0.29, 0.717) is 5.41 Å². The van der Waals surface area contributed by atoms with Gasteiger partial charge in [0.25, 0.3) is 0 Å². The van der Waals surface area contributed by atoms with Crippen molar-refractivity contribution < 1.29 is 0 Å². The van der Waals surface area contributed by atoms with Crippen LogP contribution in [0.15, 0.2) is 23.3 Å². The van der Waals surface area contributed by atoms with Gasteiger partial charge in [0, 0.05) is 0 Å². The minimum absolute atomic E-state index is 0.402. The van der Waals surface area contributed by atoms with Crippen LogP contribution in [-0.4, -0.2) is 0 Å². The fourth-order valence-corrected chi connectivity index (χ4v) is 1.17. The fourth-order valence-electron chi connectivity index (χ4n) is 1.17. The van der Waals surface area contributed by atoms with Crippen LogP contribution in [0.2, 0.25) is 0 Å². The van der Waals surface area contributed by atoms with Crippen LogP contribution in [0.3, 0.4) is 0 Å². The van der Waals surface area contributed by atoms with Gasteiger partial charge in [-0.25, -0.2) is 0 Å². The predicted molar refractivity (Wildman–Crippen MR) is 45.9 cm³/mol. The molecule has 1 aliphatic rings. The summed E-state index contributed by atoms with van der Waals surface area (Å²) in [6.45, 7) is 8.97. The van der Waals surface area contributed by atoms with Gasteiger partial charge in [0.15, 0.2) is 0 Å². The smallest absolute Gasteiger partial charge is 0.0110 e. The molecule has 56 valence electrons. The molecule has 1 rings (SSSR count). The molecule has 0 aromatic rings. The topological polar surface area (TPSA) is 0 Å². The highest BCUT2D eigenvalue weighted by Crippen LogP contribution is 2.34. The molecule has 0 amide bonds. The molecule has 0 aromatic heterocycles. The second kappa shape index (κ2) is 2.26. The maximum Gasteiger partial charge on any atom is -0.0110 e. The van der Waals surface area contributed by atoms with Crippen molar-refractivity contribution in [3.05, 3.63) is 23.3 Å². The lowest BCUT2D eigenvalue weighted by molar-refractivity contribution is 0.446. The maximum atomic E-state index is 2.31. The lowest BCUT2D eigenvalue weighted by atomic mass is 9.78. The van der Waals surface area contributed by atoms with Crippen LogP contribution >= 0.6 is 0 Å². The molecule has 0 fully saturated rings. The van der Waals surface area contributed by atoms with Crippen molar-refractivity contribution in [1.82, 2.24) is 0 Å². The third kappa shape index (κ3) is 1.31. The van der Waals surface area contributed by atoms with E-state index in [2.05, 4.69) is 39.8 Å². The van der Waals surface area contributed by atoms with E-state index in [-0.39, 0.29) is 0 Å². The fraction of sp³-hybridized carbons (Fsp3) is 0.600. The Morgan fingerprint density at radius 2 is 1.90 bits per heavy atom. The monoisotopic (exact) mass is 136 g/mol. The second-order valence-corrected chi connectivity index (χ2v) is 3.86. The van der Waals surface area contributed by atoms with Gasteiger partial charge in [0.1, 0.15) is 0 Å². The maximum absolute atomic E-state index is 2.31. The summed E-state index contributed by atoms with van der Waals surface area (Å²) in [7, 11) is 0. The van der Waals surface area contributed by atoms with Crippen molar-refractivity contribution in [3.8, 4) is 0 Å². The first-order valence-corrected chi connectivity index (χ1v) is 3.88. The van der Waals surface area contributed by atoms with Crippen molar-refractivity contribution in [1.29, 1.82) is 0 Å². The predicted octanol–water partition coefficient (Wildman–Crippen LogP) is 3.31. The molecule has 0 unspecified atom stereocenters. The Kier molecular flexibility index (Phi) is 1.72. The molecule has 0 aliphatic heterocycles. The average Bonchev–Trinajstić information content (AvgIpc) is 1.81. The van der Waals surface area contributed by atoms with Gasteiger partial charge in [-0.1, -0.05) is 37.1 Å². The van der Waals surface area contributed by atoms with Gasteiger partial charge in [0.2, 0.25) is 0 Å². The van der Waals surface area contributed by atoms with E-state index in [1.807, 2.05) is 0 Å². The Hall–Kier alpha value is -0.520. The van der Waals surface area contributed by atoms with Crippen LogP contribution < -0.4 is 0 Å². The first-order valence-electron chi connectivity index (χ1n) is 3.88. The molecular formula is C10H16. The summed E-state index contributed by atoms with van der Waals surface area (Å²) >= 11 is 0. The number of hydrogen-bond acceptors (Lipinski definition) is 0. The molecule has 0 N–H and O–H groups in total. The number of allylic oxidation sites excluding steroid dienone is 4. The molecule has 0 aromatic carbocycles. The molecule has 0 heteroatoms. The Morgan fingerprint density at radius 3 is 2.30 bits per heavy atom. The van der Waals surface area contributed by atoms with Crippen molar-refractivity contribution in [2.75, 3.05) is 0 Å². The summed E-state index contributed by atoms with van der Waals surface area (Å²) in [5, 5.41) is 0. The molecule has 0 heterocycles. The third-order valence-electron chi connectivity index (χ3n) is 2.45. The average molecular weight is 136 g/mol. The van der Waals surface area contributed by atoms with Crippen molar-refractivity contribution in [2.45, 2.75) is 34.1 Å². The molecule has 0 radical (unpaired) electrons. The van der Waals surface area contributed by atoms with E-state index in [4.69, 9.17) is 0 Å². The second-order valence-electron chi connectivity index (χ2n) is 3.86. The molecule has 0 saturated heterocycles. The quantitative estimate of drug-likeness (QED) is 0.479. The first kappa shape index (κ1) is 7.59. The lowest BCUT2D eigenvalue weighted by Gasteiger charge is -2.27. The van der Waals surface area contributed by atoms with Crippen LogP contribution in [0, 0.1) is 5.41 Å². The molecular weight excluding hydrogens is 120 g/mol. The van der Waals surface area contributed by atoms with E-state index in [1.54, 1.807) is 0 Å². The van der Waals surface area contributed by atoms with Gasteiger partial charge < -0.3 is 0 Å². The highest BCUT2D eigenvalue weighted by molar-refractivity contribution is 5.29. The Labute approximate surface area is 63.6 Å². The highest BCUT2D eigenvalue weighted by Gasteiger charge is 2.20. The van der Waals surface area contributed by atoms with Crippen molar-refractivity contribution in [2.24, 2.45) is 5.41 Å². The van der Waals surface area contributed by atoms with E-state index >= 15 is 0 Å². The molecule has 0 atom stereocenters. The van der Waals surface area contributed by atoms with E-state index in [1.165, 1.54) is 17.6 Å². The van der Waals surface area contributed by atoms with Crippen LogP contribution in [0.25, 0.3) is 0 Å². The Morgan fingerprint density at radius 1 is 1.30 bits per heavy atom. The molecule has 0 saturated carbocycles. The summed E-state index contributed by atoms with van der Waals surface area (Å²) in [4.78, 5) is 0. The van der Waals surface area contributed by atoms with E-state index in [9.17, 15) is 0 Å². The normalized spacial score (nSPS) is 23.6. The first-order chi connectivity index (χ1) is 4.52. The minimum atomic E-state index is 0.402. The summed E-state index contributed by atoms with van der Waals surface area (Å²) < 4.78 is 0. The highest BCUT2D eigenvalue weighted by atomic mass is 14.3. The zero-order chi connectivity index (χ0) is 7.78. The Balaban J connectivity index is 2.88. The third-order valence-corrected chi connectivity index (χ3v) is 2.45. The van der Waals surface area contributed by atoms with Crippen LogP contribution in [-0.2, 0) is 0 Å². The summed E-state index contributed by atoms with van der Waals surface area (Å²) in [5.74, 6) is 0. The van der Waals surface area contributed by atoms with Gasteiger partial charge in [-0.3, -0.25) is 0 Å². The number of hydrogen-bond donors (Lipinski definition) is 0. The summed E-state index contributed by atoms with van der Waals surface area (Å²) in [6, 6.07) is 0. The van der Waals surface area contributed by atoms with E-state index in [0.717, 1.165) is 0 Å². The van der Waals surface area contributed by atoms with Gasteiger partial charge in [0.05, 0.1) is 0 Å². The molecule has 0 nitrogen and oxygen atoms in total. The van der Waals surface area contributed by atoms with Gasteiger partial charge in [-0.15, -0.1) is 0 Å². The molecule has 0 bridgehead atoms. The summed E-state index contributed by atoms with van der Waals surface area (Å²) in [5.41, 5.74) is 3.32. The van der Waals surface area contributed by atoms with E-state index < -0.39 is 0 Å². The molecule has 0 spiro atoms. The van der Waals surface area contributed by atoms with Gasteiger partial charge in [-0.2, -0.15) is 0 Å². The minimum Gasteiger partial charge on any atom is -0.0807 e. The van der Waals surface area contributed by atoms with Crippen LogP contribution in [0.1, 0.15) is 34.1 Å². The molecule has 10 heavy (non-hydrogen) atoms. The zero-order valence-corrected chi connectivity index (χ0v) is 7.36.